The number of nitrogens with two attached hydrogens (primary N) is 1. The Morgan fingerprint density at radius 1 is 1.67 bits per heavy atom. The van der Waals surface area contributed by atoms with Gasteiger partial charge in [-0.05, 0) is 26.3 Å². The van der Waals surface area contributed by atoms with Gasteiger partial charge < -0.3 is 10.5 Å². The normalized spacial score (nSPS) is 12.2. The van der Waals surface area contributed by atoms with Gasteiger partial charge >= 0.3 is 5.97 Å². The third-order valence-electron chi connectivity index (χ3n) is 1.57. The van der Waals surface area contributed by atoms with Crippen LogP contribution in [0, 0.1) is 0 Å². The van der Waals surface area contributed by atoms with Gasteiger partial charge in [0.1, 0.15) is 6.10 Å². The van der Waals surface area contributed by atoms with Crippen molar-refractivity contribution >= 4 is 5.97 Å². The lowest BCUT2D eigenvalue weighted by molar-refractivity contribution is -0.144. The van der Waals surface area contributed by atoms with Crippen molar-refractivity contribution in [1.29, 1.82) is 0 Å². The molecule has 0 saturated carbocycles. The number of esters is 1. The third-order valence-corrected chi connectivity index (χ3v) is 1.57. The minimum absolute atomic E-state index is 0.0563. The summed E-state index contributed by atoms with van der Waals surface area (Å²) < 4.78 is 5.08. The summed E-state index contributed by atoms with van der Waals surface area (Å²) in [6.45, 7) is 7.64. The van der Waals surface area contributed by atoms with E-state index in [0.29, 0.717) is 12.1 Å². The van der Waals surface area contributed by atoms with Crippen LogP contribution in [0.4, 0.5) is 0 Å². The van der Waals surface area contributed by atoms with Crippen LogP contribution in [0.15, 0.2) is 12.2 Å². The van der Waals surface area contributed by atoms with Crippen LogP contribution in [-0.4, -0.2) is 18.6 Å². The molecule has 0 aliphatic rings. The number of hydrogen-bond acceptors (Lipinski definition) is 3. The van der Waals surface area contributed by atoms with E-state index in [-0.39, 0.29) is 12.1 Å². The van der Waals surface area contributed by atoms with E-state index in [0.717, 1.165) is 12.8 Å². The van der Waals surface area contributed by atoms with E-state index in [1.807, 2.05) is 6.92 Å². The van der Waals surface area contributed by atoms with E-state index < -0.39 is 0 Å². The quantitative estimate of drug-likeness (QED) is 0.500. The van der Waals surface area contributed by atoms with E-state index >= 15 is 0 Å². The molecule has 2 N–H and O–H groups in total. The molecule has 0 spiro atoms. The average molecular weight is 171 g/mol. The Bertz CT molecular complexity index is 166. The molecule has 0 rings (SSSR count). The molecule has 3 nitrogen and oxygen atoms in total. The van der Waals surface area contributed by atoms with Crippen LogP contribution in [0.5, 0.6) is 0 Å². The number of carbonyl (C=O) groups is 1. The fraction of sp³-hybridized carbons (Fsp3) is 0.667. The zero-order chi connectivity index (χ0) is 9.56. The lowest BCUT2D eigenvalue weighted by Gasteiger charge is -2.14. The smallest absolute Gasteiger partial charge is 0.333 e. The SMILES string of the molecule is C=C(C)C(=O)OC(CC)CCN. The topological polar surface area (TPSA) is 52.3 Å². The minimum atomic E-state index is -0.324. The van der Waals surface area contributed by atoms with Gasteiger partial charge in [0.05, 0.1) is 0 Å². The zero-order valence-electron chi connectivity index (χ0n) is 7.80. The molecule has 0 aliphatic carbocycles. The van der Waals surface area contributed by atoms with Gasteiger partial charge in [-0.3, -0.25) is 0 Å². The van der Waals surface area contributed by atoms with Crippen LogP contribution in [0.1, 0.15) is 26.7 Å². The summed E-state index contributed by atoms with van der Waals surface area (Å²) >= 11 is 0. The standard InChI is InChI=1S/C9H17NO2/c1-4-8(5-6-10)12-9(11)7(2)3/h8H,2,4-6,10H2,1,3H3. The summed E-state index contributed by atoms with van der Waals surface area (Å²) in [5.41, 5.74) is 5.78. The molecule has 0 saturated heterocycles. The highest BCUT2D eigenvalue weighted by molar-refractivity contribution is 5.87. The minimum Gasteiger partial charge on any atom is -0.459 e. The molecule has 0 amide bonds. The Kier molecular flexibility index (Phi) is 5.37. The first-order valence-electron chi connectivity index (χ1n) is 4.18. The molecule has 0 fully saturated rings. The van der Waals surface area contributed by atoms with Gasteiger partial charge in [-0.25, -0.2) is 4.79 Å². The number of carbonyl (C=O) groups excluding carboxylic acids is 1. The maximum absolute atomic E-state index is 11.0. The predicted molar refractivity (Wildman–Crippen MR) is 48.7 cm³/mol. The average Bonchev–Trinajstić information content (AvgIpc) is 2.03. The molecular weight excluding hydrogens is 154 g/mol. The molecule has 0 aromatic rings. The van der Waals surface area contributed by atoms with Gasteiger partial charge in [0, 0.05) is 5.57 Å². The van der Waals surface area contributed by atoms with Crippen molar-refractivity contribution < 1.29 is 9.53 Å². The van der Waals surface area contributed by atoms with Crippen molar-refractivity contribution in [3.8, 4) is 0 Å². The zero-order valence-corrected chi connectivity index (χ0v) is 7.80. The Hall–Kier alpha value is -0.830. The molecule has 3 heteroatoms. The van der Waals surface area contributed by atoms with Crippen LogP contribution in [0.25, 0.3) is 0 Å². The van der Waals surface area contributed by atoms with E-state index in [1.165, 1.54) is 0 Å². The summed E-state index contributed by atoms with van der Waals surface area (Å²) in [6, 6.07) is 0. The summed E-state index contributed by atoms with van der Waals surface area (Å²) in [7, 11) is 0. The first kappa shape index (κ1) is 11.2. The second-order valence-electron chi connectivity index (χ2n) is 2.79. The maximum atomic E-state index is 11.0. The number of hydrogen-bond donors (Lipinski definition) is 1. The van der Waals surface area contributed by atoms with E-state index in [2.05, 4.69) is 6.58 Å². The largest absolute Gasteiger partial charge is 0.459 e. The fourth-order valence-electron chi connectivity index (χ4n) is 0.784. The Labute approximate surface area is 73.6 Å². The maximum Gasteiger partial charge on any atom is 0.333 e. The van der Waals surface area contributed by atoms with Gasteiger partial charge in [0.15, 0.2) is 0 Å². The molecule has 0 radical (unpaired) electrons. The van der Waals surface area contributed by atoms with Crippen molar-refractivity contribution in [2.24, 2.45) is 5.73 Å². The van der Waals surface area contributed by atoms with Gasteiger partial charge in [0.2, 0.25) is 0 Å². The Balaban J connectivity index is 3.85. The molecule has 0 aromatic heterocycles. The van der Waals surface area contributed by atoms with Crippen LogP contribution < -0.4 is 5.73 Å². The molecule has 0 bridgehead atoms. The van der Waals surface area contributed by atoms with Crippen LogP contribution in [-0.2, 0) is 9.53 Å². The van der Waals surface area contributed by atoms with Gasteiger partial charge in [-0.2, -0.15) is 0 Å². The van der Waals surface area contributed by atoms with Crippen molar-refractivity contribution in [2.75, 3.05) is 6.54 Å². The van der Waals surface area contributed by atoms with E-state index in [4.69, 9.17) is 10.5 Å². The van der Waals surface area contributed by atoms with Crippen molar-refractivity contribution in [1.82, 2.24) is 0 Å². The van der Waals surface area contributed by atoms with Crippen molar-refractivity contribution in [3.05, 3.63) is 12.2 Å². The number of rotatable bonds is 5. The van der Waals surface area contributed by atoms with Crippen LogP contribution >= 0.6 is 0 Å². The molecule has 12 heavy (non-hydrogen) atoms. The molecule has 1 atom stereocenters. The van der Waals surface area contributed by atoms with Gasteiger partial charge in [-0.15, -0.1) is 0 Å². The van der Waals surface area contributed by atoms with Crippen LogP contribution in [0.3, 0.4) is 0 Å². The second kappa shape index (κ2) is 5.77. The van der Waals surface area contributed by atoms with Crippen LogP contribution in [0.2, 0.25) is 0 Å². The van der Waals surface area contributed by atoms with Crippen molar-refractivity contribution in [3.63, 3.8) is 0 Å². The Morgan fingerprint density at radius 2 is 2.25 bits per heavy atom. The molecule has 0 aromatic carbocycles. The molecular formula is C9H17NO2. The molecule has 70 valence electrons. The predicted octanol–water partition coefficient (Wildman–Crippen LogP) is 1.23. The highest BCUT2D eigenvalue weighted by atomic mass is 16.5. The summed E-state index contributed by atoms with van der Waals surface area (Å²) in [5.74, 6) is -0.324. The molecule has 1 unspecified atom stereocenters. The monoisotopic (exact) mass is 171 g/mol. The highest BCUT2D eigenvalue weighted by Gasteiger charge is 2.11. The number of ether oxygens (including phenoxy) is 1. The summed E-state index contributed by atoms with van der Waals surface area (Å²) in [4.78, 5) is 11.0. The lowest BCUT2D eigenvalue weighted by Crippen LogP contribution is -2.21. The van der Waals surface area contributed by atoms with Gasteiger partial charge in [-0.1, -0.05) is 13.5 Å². The first-order valence-corrected chi connectivity index (χ1v) is 4.18. The second-order valence-corrected chi connectivity index (χ2v) is 2.79. The Morgan fingerprint density at radius 3 is 2.58 bits per heavy atom. The lowest BCUT2D eigenvalue weighted by atomic mass is 10.2. The summed E-state index contributed by atoms with van der Waals surface area (Å²) in [5, 5.41) is 0. The van der Waals surface area contributed by atoms with Crippen molar-refractivity contribution in [2.45, 2.75) is 32.8 Å². The fourth-order valence-corrected chi connectivity index (χ4v) is 0.784. The van der Waals surface area contributed by atoms with Gasteiger partial charge in [0.25, 0.3) is 0 Å². The highest BCUT2D eigenvalue weighted by Crippen LogP contribution is 2.05. The van der Waals surface area contributed by atoms with E-state index in [9.17, 15) is 4.79 Å². The first-order chi connectivity index (χ1) is 5.61. The third kappa shape index (κ3) is 4.13. The molecule has 0 heterocycles. The molecule has 0 aliphatic heterocycles. The summed E-state index contributed by atoms with van der Waals surface area (Å²) in [6.07, 6.45) is 1.46. The van der Waals surface area contributed by atoms with E-state index in [1.54, 1.807) is 6.92 Å².